The number of carbonyl (C=O) groups excluding carboxylic acids is 2. The number of benzene rings is 1. The third-order valence-corrected chi connectivity index (χ3v) is 4.59. The van der Waals surface area contributed by atoms with Crippen LogP contribution < -0.4 is 9.47 Å². The number of rotatable bonds is 3. The van der Waals surface area contributed by atoms with E-state index >= 15 is 0 Å². The molecule has 3 heterocycles. The van der Waals surface area contributed by atoms with E-state index in [-0.39, 0.29) is 25.2 Å². The van der Waals surface area contributed by atoms with E-state index in [0.29, 0.717) is 30.9 Å². The van der Waals surface area contributed by atoms with Crippen LogP contribution >= 0.6 is 0 Å². The zero-order valence-electron chi connectivity index (χ0n) is 16.5. The number of nitrogens with zero attached hydrogens (tertiary/aromatic N) is 3. The first-order valence-corrected chi connectivity index (χ1v) is 9.31. The summed E-state index contributed by atoms with van der Waals surface area (Å²) in [5, 5.41) is 7.12. The monoisotopic (exact) mass is 453 g/mol. The number of fused-ring (bicyclic) bond motifs is 1. The average molecular weight is 453 g/mol. The molecule has 2 aromatic rings. The number of hydrogen-bond acceptors (Lipinski definition) is 6. The minimum Gasteiger partial charge on any atom is -0.475 e. The maximum Gasteiger partial charge on any atom is 0.490 e. The highest BCUT2D eigenvalue weighted by Crippen LogP contribution is 2.32. The lowest BCUT2D eigenvalue weighted by Crippen LogP contribution is -2.51. The first-order valence-electron chi connectivity index (χ1n) is 9.31. The van der Waals surface area contributed by atoms with Crippen LogP contribution in [0.1, 0.15) is 15.9 Å². The largest absolute Gasteiger partial charge is 0.490 e. The predicted octanol–water partition coefficient (Wildman–Crippen LogP) is 1.93. The van der Waals surface area contributed by atoms with Gasteiger partial charge in [0.1, 0.15) is 6.54 Å². The van der Waals surface area contributed by atoms with E-state index in [1.807, 2.05) is 18.2 Å². The summed E-state index contributed by atoms with van der Waals surface area (Å²) in [6.07, 6.45) is -1.93. The summed E-state index contributed by atoms with van der Waals surface area (Å²) in [6, 6.07) is 8.99. The number of amides is 2. The van der Waals surface area contributed by atoms with Crippen molar-refractivity contribution < 1.29 is 42.1 Å². The first kappa shape index (κ1) is 22.8. The van der Waals surface area contributed by atoms with Crippen molar-refractivity contribution in [2.75, 3.05) is 26.4 Å². The summed E-state index contributed by atoms with van der Waals surface area (Å²) in [6.45, 7) is 1.83. The third kappa shape index (κ3) is 5.65. The third-order valence-electron chi connectivity index (χ3n) is 4.59. The fourth-order valence-electron chi connectivity index (χ4n) is 2.99. The molecule has 1 fully saturated rings. The smallest absolute Gasteiger partial charge is 0.475 e. The Morgan fingerprint density at radius 2 is 1.72 bits per heavy atom. The Kier molecular flexibility index (Phi) is 6.81. The molecule has 2 aliphatic rings. The van der Waals surface area contributed by atoms with Crippen LogP contribution in [0, 0.1) is 0 Å². The van der Waals surface area contributed by atoms with Gasteiger partial charge in [-0.15, -0.1) is 0 Å². The number of aliphatic carboxylic acids is 1. The van der Waals surface area contributed by atoms with Gasteiger partial charge in [-0.05, 0) is 29.8 Å². The van der Waals surface area contributed by atoms with Gasteiger partial charge in [0.2, 0.25) is 12.7 Å². The normalized spacial score (nSPS) is 15.2. The lowest BCUT2D eigenvalue weighted by Gasteiger charge is -2.34. The van der Waals surface area contributed by atoms with Crippen molar-refractivity contribution in [3.8, 4) is 11.5 Å². The summed E-state index contributed by atoms with van der Waals surface area (Å²) in [5.41, 5.74) is 1.53. The molecule has 170 valence electrons. The van der Waals surface area contributed by atoms with Gasteiger partial charge in [0.05, 0.1) is 0 Å². The van der Waals surface area contributed by atoms with E-state index in [0.717, 1.165) is 11.3 Å². The fourth-order valence-corrected chi connectivity index (χ4v) is 2.99. The van der Waals surface area contributed by atoms with Crippen molar-refractivity contribution in [1.29, 1.82) is 0 Å². The molecular formula is C20H18F3N3O6. The molecule has 0 saturated carbocycles. The Morgan fingerprint density at radius 3 is 2.34 bits per heavy atom. The van der Waals surface area contributed by atoms with E-state index in [2.05, 4.69) is 4.98 Å². The summed E-state index contributed by atoms with van der Waals surface area (Å²) in [4.78, 5) is 41.0. The number of carboxylic acids is 1. The number of ether oxygens (including phenoxy) is 2. The molecule has 1 aromatic heterocycles. The van der Waals surface area contributed by atoms with Gasteiger partial charge in [0.25, 0.3) is 5.91 Å². The summed E-state index contributed by atoms with van der Waals surface area (Å²) in [5.74, 6) is -1.53. The number of hydrogen-bond donors (Lipinski definition) is 1. The number of alkyl halides is 3. The molecule has 32 heavy (non-hydrogen) atoms. The van der Waals surface area contributed by atoms with E-state index in [4.69, 9.17) is 19.4 Å². The van der Waals surface area contributed by atoms with Crippen molar-refractivity contribution in [1.82, 2.24) is 14.8 Å². The van der Waals surface area contributed by atoms with Crippen LogP contribution in [0.2, 0.25) is 0 Å². The summed E-state index contributed by atoms with van der Waals surface area (Å²) >= 11 is 0. The second-order valence-electron chi connectivity index (χ2n) is 6.77. The van der Waals surface area contributed by atoms with Crippen LogP contribution in [0.4, 0.5) is 13.2 Å². The van der Waals surface area contributed by atoms with Gasteiger partial charge in [-0.1, -0.05) is 6.07 Å². The molecule has 2 amide bonds. The van der Waals surface area contributed by atoms with Crippen molar-refractivity contribution in [3.63, 3.8) is 0 Å². The zero-order valence-corrected chi connectivity index (χ0v) is 16.5. The van der Waals surface area contributed by atoms with Gasteiger partial charge in [0.15, 0.2) is 11.5 Å². The second kappa shape index (κ2) is 9.54. The van der Waals surface area contributed by atoms with Crippen LogP contribution in [0.5, 0.6) is 11.5 Å². The van der Waals surface area contributed by atoms with E-state index in [9.17, 15) is 22.8 Å². The molecule has 0 radical (unpaired) electrons. The number of pyridine rings is 1. The van der Waals surface area contributed by atoms with Crippen molar-refractivity contribution in [2.24, 2.45) is 0 Å². The maximum absolute atomic E-state index is 12.4. The quantitative estimate of drug-likeness (QED) is 0.756. The van der Waals surface area contributed by atoms with Gasteiger partial charge in [-0.3, -0.25) is 14.6 Å². The van der Waals surface area contributed by atoms with Crippen molar-refractivity contribution in [3.05, 3.63) is 53.9 Å². The molecular weight excluding hydrogens is 435 g/mol. The highest BCUT2D eigenvalue weighted by Gasteiger charge is 2.38. The topological polar surface area (TPSA) is 109 Å². The molecule has 1 saturated heterocycles. The van der Waals surface area contributed by atoms with Gasteiger partial charge in [-0.2, -0.15) is 13.2 Å². The number of halogens is 3. The molecule has 9 nitrogen and oxygen atoms in total. The fraction of sp³-hybridized carbons (Fsp3) is 0.300. The number of carbonyl (C=O) groups is 3. The Morgan fingerprint density at radius 1 is 1.06 bits per heavy atom. The number of carboxylic acid groups (broad SMARTS) is 1. The standard InChI is InChI=1S/C18H17N3O4.C2HF3O2/c22-17-11-21(18(23)14-3-5-19-6-4-14)8-7-20(17)10-13-1-2-15-16(9-13)25-12-24-15;3-2(4,5)1(6)7/h1-6,9H,7-8,10-12H2;(H,6,7). The Hall–Kier alpha value is -3.83. The average Bonchev–Trinajstić information content (AvgIpc) is 3.23. The van der Waals surface area contributed by atoms with Gasteiger partial charge in [0, 0.05) is 37.6 Å². The zero-order chi connectivity index (χ0) is 23.3. The molecule has 0 bridgehead atoms. The van der Waals surface area contributed by atoms with Gasteiger partial charge in [-0.25, -0.2) is 4.79 Å². The molecule has 1 aromatic carbocycles. The Balaban J connectivity index is 0.000000360. The molecule has 0 atom stereocenters. The van der Waals surface area contributed by atoms with Crippen molar-refractivity contribution >= 4 is 17.8 Å². The summed E-state index contributed by atoms with van der Waals surface area (Å²) < 4.78 is 42.4. The van der Waals surface area contributed by atoms with E-state index < -0.39 is 12.1 Å². The molecule has 12 heteroatoms. The van der Waals surface area contributed by atoms with Crippen molar-refractivity contribution in [2.45, 2.75) is 12.7 Å². The van der Waals surface area contributed by atoms with Crippen LogP contribution in [-0.4, -0.2) is 70.3 Å². The van der Waals surface area contributed by atoms with Crippen LogP contribution in [0.15, 0.2) is 42.7 Å². The Labute approximate surface area is 180 Å². The highest BCUT2D eigenvalue weighted by molar-refractivity contribution is 5.96. The van der Waals surface area contributed by atoms with Crippen LogP contribution in [0.25, 0.3) is 0 Å². The lowest BCUT2D eigenvalue weighted by molar-refractivity contribution is -0.192. The van der Waals surface area contributed by atoms with E-state index in [1.165, 1.54) is 0 Å². The number of piperazine rings is 1. The Bertz CT molecular complexity index is 1000. The SMILES string of the molecule is O=C(O)C(F)(F)F.O=C1CN(C(=O)c2ccncc2)CCN1Cc1ccc2c(c1)OCO2. The van der Waals surface area contributed by atoms with Gasteiger partial charge < -0.3 is 24.4 Å². The minimum atomic E-state index is -5.08. The van der Waals surface area contributed by atoms with E-state index in [1.54, 1.807) is 34.3 Å². The molecule has 0 unspecified atom stereocenters. The first-order chi connectivity index (χ1) is 15.1. The number of aromatic nitrogens is 1. The second-order valence-corrected chi connectivity index (χ2v) is 6.77. The molecule has 0 aliphatic carbocycles. The molecule has 4 rings (SSSR count). The van der Waals surface area contributed by atoms with Crippen LogP contribution in [-0.2, 0) is 16.1 Å². The van der Waals surface area contributed by atoms with Crippen LogP contribution in [0.3, 0.4) is 0 Å². The van der Waals surface area contributed by atoms with Gasteiger partial charge >= 0.3 is 12.1 Å². The molecule has 1 N–H and O–H groups in total. The lowest BCUT2D eigenvalue weighted by atomic mass is 10.1. The summed E-state index contributed by atoms with van der Waals surface area (Å²) in [7, 11) is 0. The minimum absolute atomic E-state index is 0.0636. The molecule has 2 aliphatic heterocycles. The highest BCUT2D eigenvalue weighted by atomic mass is 19.4. The maximum atomic E-state index is 12.4. The molecule has 0 spiro atoms. The predicted molar refractivity (Wildman–Crippen MR) is 102 cm³/mol.